The largest absolute Gasteiger partial charge is 0.482 e. The summed E-state index contributed by atoms with van der Waals surface area (Å²) < 4.78 is 34.6. The molecule has 2 heterocycles. The van der Waals surface area contributed by atoms with Crippen LogP contribution in [0.2, 0.25) is 5.02 Å². The number of nitrogens with zero attached hydrogens (tertiary/aromatic N) is 2. The summed E-state index contributed by atoms with van der Waals surface area (Å²) >= 11 is 9.85. The molecule has 0 N–H and O–H groups in total. The van der Waals surface area contributed by atoms with E-state index >= 15 is 0 Å². The summed E-state index contributed by atoms with van der Waals surface area (Å²) in [6, 6.07) is 17.7. The lowest BCUT2D eigenvalue weighted by Crippen LogP contribution is -2.39. The Balaban J connectivity index is 1.31. The number of fused-ring (bicyclic) bond motifs is 2. The first-order valence-corrected chi connectivity index (χ1v) is 13.5. The third-order valence-corrected chi connectivity index (χ3v) is 8.81. The van der Waals surface area contributed by atoms with Gasteiger partial charge >= 0.3 is 0 Å². The number of hydrogen-bond acceptors (Lipinski definition) is 4. The molecular weight excluding hydrogens is 540 g/mol. The minimum absolute atomic E-state index is 0.0201. The molecule has 0 aromatic heterocycles. The highest BCUT2D eigenvalue weighted by molar-refractivity contribution is 9.10. The lowest BCUT2D eigenvalue weighted by Gasteiger charge is -2.23. The third-order valence-electron chi connectivity index (χ3n) is 6.21. The van der Waals surface area contributed by atoms with Gasteiger partial charge in [-0.25, -0.2) is 8.42 Å². The van der Waals surface area contributed by atoms with E-state index in [-0.39, 0.29) is 34.2 Å². The van der Waals surface area contributed by atoms with Crippen LogP contribution in [0.3, 0.4) is 0 Å². The van der Waals surface area contributed by atoms with Gasteiger partial charge in [0.1, 0.15) is 5.75 Å². The second kappa shape index (κ2) is 8.91. The molecule has 0 fully saturated rings. The molecule has 0 bridgehead atoms. The van der Waals surface area contributed by atoms with Gasteiger partial charge in [0.25, 0.3) is 15.9 Å². The van der Waals surface area contributed by atoms with Gasteiger partial charge in [-0.2, -0.15) is 0 Å². The second-order valence-corrected chi connectivity index (χ2v) is 11.6. The maximum Gasteiger partial charge on any atom is 0.265 e. The van der Waals surface area contributed by atoms with Gasteiger partial charge in [0.15, 0.2) is 6.61 Å². The van der Waals surface area contributed by atoms with Crippen LogP contribution in [0.15, 0.2) is 70.0 Å². The number of halogens is 2. The van der Waals surface area contributed by atoms with Crippen molar-refractivity contribution in [2.24, 2.45) is 0 Å². The Bertz CT molecular complexity index is 1400. The van der Waals surface area contributed by atoms with Crippen LogP contribution < -0.4 is 13.9 Å². The van der Waals surface area contributed by atoms with Crippen molar-refractivity contribution < 1.29 is 17.9 Å². The van der Waals surface area contributed by atoms with E-state index in [9.17, 15) is 13.2 Å². The molecule has 2 aliphatic rings. The SMILES string of the molecule is C[C@@H]1Cc2cc(Br)ccc2N1C(=O)COc1ccc(S(=O)(=O)N2CCc3ccccc32)cc1Cl. The fourth-order valence-electron chi connectivity index (χ4n) is 4.63. The van der Waals surface area contributed by atoms with Crippen molar-refractivity contribution in [1.82, 2.24) is 0 Å². The average molecular weight is 562 g/mol. The van der Waals surface area contributed by atoms with E-state index in [0.29, 0.717) is 18.7 Å². The number of hydrogen-bond donors (Lipinski definition) is 0. The highest BCUT2D eigenvalue weighted by Gasteiger charge is 2.32. The Morgan fingerprint density at radius 1 is 1.09 bits per heavy atom. The van der Waals surface area contributed by atoms with Crippen LogP contribution in [0.25, 0.3) is 0 Å². The van der Waals surface area contributed by atoms with Gasteiger partial charge in [-0.05, 0) is 73.4 Å². The number of anilines is 2. The molecular formula is C25H22BrClN2O4S. The van der Waals surface area contributed by atoms with Gasteiger partial charge in [0.2, 0.25) is 0 Å². The number of amides is 1. The molecule has 1 atom stereocenters. The van der Waals surface area contributed by atoms with Gasteiger partial charge in [-0.15, -0.1) is 0 Å². The lowest BCUT2D eigenvalue weighted by atomic mass is 10.1. The topological polar surface area (TPSA) is 66.9 Å². The zero-order valence-corrected chi connectivity index (χ0v) is 21.5. The number of ether oxygens (including phenoxy) is 1. The third kappa shape index (κ3) is 4.08. The predicted octanol–water partition coefficient (Wildman–Crippen LogP) is 5.21. The fourth-order valence-corrected chi connectivity index (χ4v) is 6.87. The molecule has 0 radical (unpaired) electrons. The number of carbonyl (C=O) groups is 1. The number of rotatable bonds is 5. The minimum atomic E-state index is -3.77. The van der Waals surface area contributed by atoms with Crippen molar-refractivity contribution in [3.8, 4) is 5.75 Å². The van der Waals surface area contributed by atoms with Gasteiger partial charge in [0.05, 0.1) is 15.6 Å². The highest BCUT2D eigenvalue weighted by atomic mass is 79.9. The van der Waals surface area contributed by atoms with E-state index in [2.05, 4.69) is 15.9 Å². The van der Waals surface area contributed by atoms with Crippen molar-refractivity contribution in [3.63, 3.8) is 0 Å². The monoisotopic (exact) mass is 560 g/mol. The fraction of sp³-hybridized carbons (Fsp3) is 0.240. The van der Waals surface area contributed by atoms with E-state index < -0.39 is 10.0 Å². The predicted molar refractivity (Wildman–Crippen MR) is 136 cm³/mol. The average Bonchev–Trinajstić information content (AvgIpc) is 3.38. The van der Waals surface area contributed by atoms with Crippen LogP contribution in [0.5, 0.6) is 5.75 Å². The standard InChI is InChI=1S/C25H22BrClN2O4S/c1-16-12-18-13-19(26)6-8-23(18)29(16)25(30)15-33-24-9-7-20(14-21(24)27)34(31,32)28-11-10-17-4-2-3-5-22(17)28/h2-9,13-14,16H,10-12,15H2,1H3/t16-/m1/s1. The first-order valence-electron chi connectivity index (χ1n) is 10.9. The van der Waals surface area contributed by atoms with Crippen LogP contribution in [0.4, 0.5) is 11.4 Å². The first-order chi connectivity index (χ1) is 16.3. The van der Waals surface area contributed by atoms with E-state index in [4.69, 9.17) is 16.3 Å². The molecule has 0 spiro atoms. The molecule has 0 saturated carbocycles. The van der Waals surface area contributed by atoms with Crippen LogP contribution in [0, 0.1) is 0 Å². The summed E-state index contributed by atoms with van der Waals surface area (Å²) in [5.74, 6) is 0.0775. The summed E-state index contributed by atoms with van der Waals surface area (Å²) in [6.45, 7) is 2.18. The molecule has 9 heteroatoms. The summed E-state index contributed by atoms with van der Waals surface area (Å²) in [4.78, 5) is 14.8. The Kier molecular flexibility index (Phi) is 6.08. The number of para-hydroxylation sites is 1. The van der Waals surface area contributed by atoms with Crippen molar-refractivity contribution >= 4 is 54.8 Å². The molecule has 176 valence electrons. The number of carbonyl (C=O) groups excluding carboxylic acids is 1. The van der Waals surface area contributed by atoms with Crippen molar-refractivity contribution in [3.05, 3.63) is 81.3 Å². The van der Waals surface area contributed by atoms with E-state index in [0.717, 1.165) is 27.7 Å². The van der Waals surface area contributed by atoms with E-state index in [1.807, 2.05) is 43.3 Å². The van der Waals surface area contributed by atoms with E-state index in [1.165, 1.54) is 22.5 Å². The van der Waals surface area contributed by atoms with Crippen LogP contribution in [-0.4, -0.2) is 33.5 Å². The summed E-state index contributed by atoms with van der Waals surface area (Å²) in [7, 11) is -3.77. The Morgan fingerprint density at radius 3 is 2.68 bits per heavy atom. The number of benzene rings is 3. The highest BCUT2D eigenvalue weighted by Crippen LogP contribution is 2.36. The molecule has 2 aliphatic heterocycles. The molecule has 0 aliphatic carbocycles. The van der Waals surface area contributed by atoms with Gasteiger partial charge in [-0.3, -0.25) is 9.10 Å². The minimum Gasteiger partial charge on any atom is -0.482 e. The molecule has 0 unspecified atom stereocenters. The van der Waals surface area contributed by atoms with Crippen molar-refractivity contribution in [2.45, 2.75) is 30.7 Å². The van der Waals surface area contributed by atoms with Crippen molar-refractivity contribution in [2.75, 3.05) is 22.4 Å². The Morgan fingerprint density at radius 2 is 1.88 bits per heavy atom. The summed E-state index contributed by atoms with van der Waals surface area (Å²) in [5.41, 5.74) is 3.67. The molecule has 6 nitrogen and oxygen atoms in total. The quantitative estimate of drug-likeness (QED) is 0.429. The Hall–Kier alpha value is -2.55. The van der Waals surface area contributed by atoms with Crippen LogP contribution in [-0.2, 0) is 27.7 Å². The lowest BCUT2D eigenvalue weighted by molar-refractivity contribution is -0.120. The smallest absolute Gasteiger partial charge is 0.265 e. The normalized spacial score (nSPS) is 17.0. The van der Waals surface area contributed by atoms with Gasteiger partial charge in [0, 0.05) is 22.7 Å². The van der Waals surface area contributed by atoms with Crippen LogP contribution in [0.1, 0.15) is 18.1 Å². The molecule has 3 aromatic carbocycles. The molecule has 0 saturated heterocycles. The number of sulfonamides is 1. The second-order valence-electron chi connectivity index (χ2n) is 8.43. The van der Waals surface area contributed by atoms with Crippen molar-refractivity contribution in [1.29, 1.82) is 0 Å². The van der Waals surface area contributed by atoms with Gasteiger partial charge in [-0.1, -0.05) is 45.7 Å². The molecule has 1 amide bonds. The first kappa shape index (κ1) is 23.2. The molecule has 5 rings (SSSR count). The summed E-state index contributed by atoms with van der Waals surface area (Å²) in [5, 5.41) is 0.139. The zero-order valence-electron chi connectivity index (χ0n) is 18.4. The van der Waals surface area contributed by atoms with Gasteiger partial charge < -0.3 is 9.64 Å². The van der Waals surface area contributed by atoms with Crippen LogP contribution >= 0.6 is 27.5 Å². The maximum atomic E-state index is 13.2. The zero-order chi connectivity index (χ0) is 24.0. The summed E-state index contributed by atoms with van der Waals surface area (Å²) in [6.07, 6.45) is 1.44. The van der Waals surface area contributed by atoms with E-state index in [1.54, 1.807) is 11.0 Å². The maximum absolute atomic E-state index is 13.2. The molecule has 34 heavy (non-hydrogen) atoms. The molecule has 3 aromatic rings. The Labute approximate surface area is 212 Å².